The summed E-state index contributed by atoms with van der Waals surface area (Å²) in [6.07, 6.45) is 5.36. The summed E-state index contributed by atoms with van der Waals surface area (Å²) in [7, 11) is 0. The van der Waals surface area contributed by atoms with E-state index in [9.17, 15) is 4.79 Å². The van der Waals surface area contributed by atoms with E-state index in [1.165, 1.54) is 41.8 Å². The van der Waals surface area contributed by atoms with E-state index < -0.39 is 5.54 Å². The molecule has 0 aliphatic carbocycles. The number of hydrogen-bond acceptors (Lipinski definition) is 4. The number of hydrogen-bond donors (Lipinski definition) is 1. The maximum absolute atomic E-state index is 12.6. The second-order valence-electron chi connectivity index (χ2n) is 11.6. The van der Waals surface area contributed by atoms with Crippen LogP contribution in [0.4, 0.5) is 11.4 Å². The van der Waals surface area contributed by atoms with Crippen molar-refractivity contribution in [3.8, 4) is 0 Å². The van der Waals surface area contributed by atoms with Crippen LogP contribution in [0.1, 0.15) is 64.0 Å². The average Bonchev–Trinajstić information content (AvgIpc) is 2.88. The molecule has 5 rings (SSSR count). The summed E-state index contributed by atoms with van der Waals surface area (Å²) < 4.78 is 0. The van der Waals surface area contributed by atoms with Gasteiger partial charge in [-0.3, -0.25) is 9.69 Å². The van der Waals surface area contributed by atoms with E-state index in [0.717, 1.165) is 52.1 Å². The normalized spacial score (nSPS) is 22.8. The second-order valence-corrected chi connectivity index (χ2v) is 11.6. The van der Waals surface area contributed by atoms with Crippen LogP contribution in [0, 0.1) is 5.92 Å². The first kappa shape index (κ1) is 24.3. The van der Waals surface area contributed by atoms with Crippen molar-refractivity contribution in [1.29, 1.82) is 0 Å². The van der Waals surface area contributed by atoms with Crippen LogP contribution >= 0.6 is 0 Å². The number of likely N-dealkylation sites (tertiary alicyclic amines) is 2. The Morgan fingerprint density at radius 3 is 1.94 bits per heavy atom. The summed E-state index contributed by atoms with van der Waals surface area (Å²) in [6, 6.07) is 17.8. The monoisotopic (exact) mass is 474 g/mol. The van der Waals surface area contributed by atoms with Crippen LogP contribution < -0.4 is 10.6 Å². The third-order valence-corrected chi connectivity index (χ3v) is 8.90. The molecule has 2 N–H and O–H groups in total. The molecule has 2 aromatic carbocycles. The fourth-order valence-corrected chi connectivity index (χ4v) is 6.90. The van der Waals surface area contributed by atoms with E-state index in [-0.39, 0.29) is 11.3 Å². The lowest BCUT2D eigenvalue weighted by molar-refractivity contribution is -0.135. The van der Waals surface area contributed by atoms with Crippen molar-refractivity contribution in [1.82, 2.24) is 9.80 Å². The molecule has 0 bridgehead atoms. The zero-order valence-corrected chi connectivity index (χ0v) is 21.8. The Bertz CT molecular complexity index is 1000. The SMILES string of the molecule is CC(CN1CCC(C(N)=O)(N2CCCCC2)CC1)CN1c2ccccc2C(C)(C)c2ccccc21. The number of anilines is 2. The molecule has 5 heteroatoms. The van der Waals surface area contributed by atoms with E-state index in [4.69, 9.17) is 5.73 Å². The van der Waals surface area contributed by atoms with Gasteiger partial charge in [0.25, 0.3) is 0 Å². The Morgan fingerprint density at radius 1 is 0.857 bits per heavy atom. The molecule has 0 aromatic heterocycles. The van der Waals surface area contributed by atoms with Gasteiger partial charge in [-0.05, 0) is 68.0 Å². The van der Waals surface area contributed by atoms with Crippen molar-refractivity contribution >= 4 is 17.3 Å². The number of benzene rings is 2. The van der Waals surface area contributed by atoms with Crippen LogP contribution in [0.3, 0.4) is 0 Å². The second kappa shape index (κ2) is 9.59. The highest BCUT2D eigenvalue weighted by atomic mass is 16.1. The lowest BCUT2D eigenvalue weighted by Gasteiger charge is -2.48. The van der Waals surface area contributed by atoms with Gasteiger partial charge in [-0.2, -0.15) is 0 Å². The van der Waals surface area contributed by atoms with Crippen LogP contribution in [0.2, 0.25) is 0 Å². The number of carbonyl (C=O) groups excluding carboxylic acids is 1. The Balaban J connectivity index is 1.29. The summed E-state index contributed by atoms with van der Waals surface area (Å²) >= 11 is 0. The third kappa shape index (κ3) is 4.38. The summed E-state index contributed by atoms with van der Waals surface area (Å²) in [5.74, 6) is 0.379. The van der Waals surface area contributed by atoms with Gasteiger partial charge in [0.2, 0.25) is 5.91 Å². The molecule has 0 spiro atoms. The first-order valence-electron chi connectivity index (χ1n) is 13.6. The van der Waals surface area contributed by atoms with Gasteiger partial charge in [0.05, 0.1) is 0 Å². The molecule has 35 heavy (non-hydrogen) atoms. The first-order valence-corrected chi connectivity index (χ1v) is 13.6. The van der Waals surface area contributed by atoms with Crippen LogP contribution in [0.5, 0.6) is 0 Å². The zero-order chi connectivity index (χ0) is 24.6. The highest BCUT2D eigenvalue weighted by Crippen LogP contribution is 2.48. The van der Waals surface area contributed by atoms with Crippen LogP contribution in [-0.2, 0) is 10.2 Å². The minimum atomic E-state index is -0.434. The van der Waals surface area contributed by atoms with Gasteiger partial charge in [0, 0.05) is 43.0 Å². The van der Waals surface area contributed by atoms with Gasteiger partial charge >= 0.3 is 0 Å². The summed E-state index contributed by atoms with van der Waals surface area (Å²) in [5, 5.41) is 0. The van der Waals surface area contributed by atoms with E-state index in [1.807, 2.05) is 0 Å². The first-order chi connectivity index (χ1) is 16.8. The molecule has 2 aromatic rings. The number of amides is 1. The lowest BCUT2D eigenvalue weighted by Crippen LogP contribution is -2.63. The number of nitrogens with two attached hydrogens (primary N) is 1. The fourth-order valence-electron chi connectivity index (χ4n) is 6.90. The van der Waals surface area contributed by atoms with Gasteiger partial charge in [-0.15, -0.1) is 0 Å². The number of fused-ring (bicyclic) bond motifs is 2. The standard InChI is InChI=1S/C30H42N4O/c1-23(21-32-19-15-30(16-20-32,28(31)35)33-17-9-4-10-18-33)22-34-26-13-7-5-11-24(26)29(2,3)25-12-6-8-14-27(25)34/h5-8,11-14,23H,4,9-10,15-22H2,1-3H3,(H2,31,35). The van der Waals surface area contributed by atoms with E-state index in [0.29, 0.717) is 5.92 Å². The Kier molecular flexibility index (Phi) is 6.67. The predicted molar refractivity (Wildman–Crippen MR) is 144 cm³/mol. The molecule has 3 heterocycles. The molecular weight excluding hydrogens is 432 g/mol. The Labute approximate surface area is 211 Å². The smallest absolute Gasteiger partial charge is 0.238 e. The molecular formula is C30H42N4O. The summed E-state index contributed by atoms with van der Waals surface area (Å²) in [6.45, 7) is 13.0. The molecule has 188 valence electrons. The Hall–Kier alpha value is -2.37. The molecule has 0 radical (unpaired) electrons. The molecule has 1 amide bonds. The largest absolute Gasteiger partial charge is 0.368 e. The van der Waals surface area contributed by atoms with E-state index >= 15 is 0 Å². The Morgan fingerprint density at radius 2 is 1.40 bits per heavy atom. The molecule has 1 atom stereocenters. The minimum absolute atomic E-state index is 0.00760. The van der Waals surface area contributed by atoms with Crippen molar-refractivity contribution in [3.05, 3.63) is 59.7 Å². The van der Waals surface area contributed by atoms with Gasteiger partial charge in [-0.25, -0.2) is 0 Å². The van der Waals surface area contributed by atoms with Crippen molar-refractivity contribution in [2.75, 3.05) is 44.2 Å². The van der Waals surface area contributed by atoms with Gasteiger partial charge in [0.15, 0.2) is 0 Å². The van der Waals surface area contributed by atoms with E-state index in [2.05, 4.69) is 84.0 Å². The highest BCUT2D eigenvalue weighted by molar-refractivity contribution is 5.85. The number of nitrogens with zero attached hydrogens (tertiary/aromatic N) is 3. The van der Waals surface area contributed by atoms with Crippen molar-refractivity contribution < 1.29 is 4.79 Å². The number of rotatable bonds is 6. The molecule has 2 fully saturated rings. The number of piperidine rings is 2. The molecule has 2 saturated heterocycles. The van der Waals surface area contributed by atoms with Crippen LogP contribution in [0.25, 0.3) is 0 Å². The minimum Gasteiger partial charge on any atom is -0.368 e. The van der Waals surface area contributed by atoms with Gasteiger partial charge < -0.3 is 15.5 Å². The van der Waals surface area contributed by atoms with E-state index in [1.54, 1.807) is 0 Å². The molecule has 3 aliphatic heterocycles. The number of para-hydroxylation sites is 2. The van der Waals surface area contributed by atoms with Gasteiger partial charge in [0.1, 0.15) is 5.54 Å². The third-order valence-electron chi connectivity index (χ3n) is 8.90. The summed E-state index contributed by atoms with van der Waals surface area (Å²) in [4.78, 5) is 20.1. The average molecular weight is 475 g/mol. The van der Waals surface area contributed by atoms with Crippen molar-refractivity contribution in [2.45, 2.75) is 63.8 Å². The fraction of sp³-hybridized carbons (Fsp3) is 0.567. The topological polar surface area (TPSA) is 52.8 Å². The quantitative estimate of drug-likeness (QED) is 0.647. The van der Waals surface area contributed by atoms with Crippen molar-refractivity contribution in [2.24, 2.45) is 11.7 Å². The summed E-state index contributed by atoms with van der Waals surface area (Å²) in [5.41, 5.74) is 11.0. The van der Waals surface area contributed by atoms with Gasteiger partial charge in [-0.1, -0.05) is 63.6 Å². The molecule has 0 saturated carbocycles. The molecule has 3 aliphatic rings. The number of carbonyl (C=O) groups is 1. The lowest BCUT2D eigenvalue weighted by atomic mass is 9.73. The maximum atomic E-state index is 12.6. The van der Waals surface area contributed by atoms with Crippen LogP contribution in [-0.4, -0.2) is 60.5 Å². The molecule has 1 unspecified atom stereocenters. The van der Waals surface area contributed by atoms with Crippen molar-refractivity contribution in [3.63, 3.8) is 0 Å². The van der Waals surface area contributed by atoms with Crippen LogP contribution in [0.15, 0.2) is 48.5 Å². The maximum Gasteiger partial charge on any atom is 0.238 e. The number of primary amides is 1. The predicted octanol–water partition coefficient (Wildman–Crippen LogP) is 4.91. The zero-order valence-electron chi connectivity index (χ0n) is 21.8. The highest BCUT2D eigenvalue weighted by Gasteiger charge is 2.45. The molecule has 5 nitrogen and oxygen atoms in total.